The number of hydrogen-bond donors (Lipinski definition) is 1. The van der Waals surface area contributed by atoms with Crippen molar-refractivity contribution in [2.45, 2.75) is 6.92 Å². The van der Waals surface area contributed by atoms with Gasteiger partial charge in [-0.2, -0.15) is 0 Å². The van der Waals surface area contributed by atoms with Gasteiger partial charge >= 0.3 is 0 Å². The van der Waals surface area contributed by atoms with Crippen molar-refractivity contribution >= 4 is 22.9 Å². The number of benzene rings is 2. The van der Waals surface area contributed by atoms with Crippen LogP contribution < -0.4 is 10.1 Å². The first-order valence-electron chi connectivity index (χ1n) is 8.69. The summed E-state index contributed by atoms with van der Waals surface area (Å²) in [5.74, 6) is 0.997. The maximum Gasteiger partial charge on any atom is 0.265 e. The number of thiophene rings is 1. The second kappa shape index (κ2) is 8.02. The van der Waals surface area contributed by atoms with E-state index >= 15 is 0 Å². The molecule has 0 aliphatic rings. The molecule has 0 atom stereocenters. The molecule has 0 aliphatic carbocycles. The van der Waals surface area contributed by atoms with E-state index in [2.05, 4.69) is 15.3 Å². The number of nitrogens with one attached hydrogen (secondary N) is 1. The Balaban J connectivity index is 1.50. The Kier molecular flexibility index (Phi) is 5.12. The summed E-state index contributed by atoms with van der Waals surface area (Å²) in [6.07, 6.45) is 3.19. The highest BCUT2D eigenvalue weighted by molar-refractivity contribution is 7.12. The van der Waals surface area contributed by atoms with Crippen LogP contribution in [0.2, 0.25) is 0 Å². The summed E-state index contributed by atoms with van der Waals surface area (Å²) in [5, 5.41) is 4.81. The second-order valence-corrected chi connectivity index (χ2v) is 7.04. The molecule has 0 spiro atoms. The Labute approximate surface area is 166 Å². The minimum atomic E-state index is -0.108. The molecule has 2 heterocycles. The van der Waals surface area contributed by atoms with Gasteiger partial charge in [0.15, 0.2) is 0 Å². The number of rotatable bonds is 5. The van der Waals surface area contributed by atoms with E-state index in [1.54, 1.807) is 30.5 Å². The molecule has 0 unspecified atom stereocenters. The van der Waals surface area contributed by atoms with Crippen molar-refractivity contribution in [1.29, 1.82) is 0 Å². The van der Waals surface area contributed by atoms with Crippen LogP contribution >= 0.6 is 11.3 Å². The van der Waals surface area contributed by atoms with Gasteiger partial charge in [0.2, 0.25) is 5.88 Å². The van der Waals surface area contributed by atoms with Crippen LogP contribution in [0.5, 0.6) is 11.6 Å². The van der Waals surface area contributed by atoms with Crippen molar-refractivity contribution in [3.63, 3.8) is 0 Å². The molecule has 0 aliphatic heterocycles. The third kappa shape index (κ3) is 3.92. The molecule has 4 rings (SSSR count). The van der Waals surface area contributed by atoms with E-state index in [9.17, 15) is 4.79 Å². The van der Waals surface area contributed by atoms with Crippen molar-refractivity contribution in [2.24, 2.45) is 0 Å². The molecule has 2 aromatic carbocycles. The highest BCUT2D eigenvalue weighted by atomic mass is 32.1. The van der Waals surface area contributed by atoms with Crippen LogP contribution in [-0.2, 0) is 0 Å². The van der Waals surface area contributed by atoms with Gasteiger partial charge < -0.3 is 10.1 Å². The first-order chi connectivity index (χ1) is 13.7. The molecule has 5 nitrogen and oxygen atoms in total. The number of aryl methyl sites for hydroxylation is 1. The second-order valence-electron chi connectivity index (χ2n) is 6.12. The number of aromatic nitrogens is 2. The van der Waals surface area contributed by atoms with Crippen LogP contribution in [0.25, 0.3) is 11.1 Å². The molecule has 28 heavy (non-hydrogen) atoms. The highest BCUT2D eigenvalue weighted by Gasteiger charge is 2.12. The van der Waals surface area contributed by atoms with Crippen LogP contribution in [0.3, 0.4) is 0 Å². The lowest BCUT2D eigenvalue weighted by atomic mass is 10.1. The third-order valence-corrected chi connectivity index (χ3v) is 5.17. The van der Waals surface area contributed by atoms with Crippen molar-refractivity contribution in [3.8, 4) is 22.8 Å². The summed E-state index contributed by atoms with van der Waals surface area (Å²) in [7, 11) is 0. The molecule has 6 heteroatoms. The largest absolute Gasteiger partial charge is 0.438 e. The van der Waals surface area contributed by atoms with Gasteiger partial charge in [0.1, 0.15) is 12.1 Å². The maximum absolute atomic E-state index is 12.3. The third-order valence-electron chi connectivity index (χ3n) is 4.16. The molecule has 138 valence electrons. The fourth-order valence-corrected chi connectivity index (χ4v) is 3.55. The van der Waals surface area contributed by atoms with Gasteiger partial charge in [-0.25, -0.2) is 9.97 Å². The minimum absolute atomic E-state index is 0.108. The zero-order valence-electron chi connectivity index (χ0n) is 15.1. The van der Waals surface area contributed by atoms with E-state index in [0.29, 0.717) is 22.2 Å². The van der Waals surface area contributed by atoms with E-state index in [-0.39, 0.29) is 5.91 Å². The lowest BCUT2D eigenvalue weighted by molar-refractivity contribution is 0.103. The molecule has 1 N–H and O–H groups in total. The standard InChI is InChI=1S/C22H17N3O2S/c1-15-11-12-28-20(15)21(26)25-17-7-9-18(10-8-17)27-22-19(13-23-14-24-22)16-5-3-2-4-6-16/h2-14H,1H3,(H,25,26). The van der Waals surface area contributed by atoms with Crippen molar-refractivity contribution in [3.05, 3.63) is 89.0 Å². The Morgan fingerprint density at radius 1 is 1.04 bits per heavy atom. The normalized spacial score (nSPS) is 10.5. The molecular weight excluding hydrogens is 370 g/mol. The minimum Gasteiger partial charge on any atom is -0.438 e. The average Bonchev–Trinajstić information content (AvgIpc) is 3.17. The predicted molar refractivity (Wildman–Crippen MR) is 111 cm³/mol. The average molecular weight is 387 g/mol. The first-order valence-corrected chi connectivity index (χ1v) is 9.57. The van der Waals surface area contributed by atoms with Crippen LogP contribution in [0, 0.1) is 6.92 Å². The van der Waals surface area contributed by atoms with E-state index in [1.165, 1.54) is 17.7 Å². The highest BCUT2D eigenvalue weighted by Crippen LogP contribution is 2.31. The Bertz CT molecular complexity index is 1090. The number of anilines is 1. The van der Waals surface area contributed by atoms with Gasteiger partial charge in [0.25, 0.3) is 5.91 Å². The van der Waals surface area contributed by atoms with Crippen molar-refractivity contribution < 1.29 is 9.53 Å². The van der Waals surface area contributed by atoms with Crippen LogP contribution in [-0.4, -0.2) is 15.9 Å². The molecule has 1 amide bonds. The number of ether oxygens (including phenoxy) is 1. The maximum atomic E-state index is 12.3. The molecule has 2 aromatic heterocycles. The summed E-state index contributed by atoms with van der Waals surface area (Å²) < 4.78 is 5.95. The van der Waals surface area contributed by atoms with Gasteiger partial charge in [-0.15, -0.1) is 11.3 Å². The molecular formula is C22H17N3O2S. The van der Waals surface area contributed by atoms with Gasteiger partial charge in [0.05, 0.1) is 10.4 Å². The van der Waals surface area contributed by atoms with Crippen LogP contribution in [0.15, 0.2) is 78.6 Å². The number of carbonyl (C=O) groups excluding carboxylic acids is 1. The molecule has 0 saturated carbocycles. The van der Waals surface area contributed by atoms with Gasteiger partial charge in [-0.1, -0.05) is 30.3 Å². The number of amides is 1. The van der Waals surface area contributed by atoms with E-state index in [0.717, 1.165) is 16.7 Å². The topological polar surface area (TPSA) is 64.1 Å². The SMILES string of the molecule is Cc1ccsc1C(=O)Nc1ccc(Oc2ncncc2-c2ccccc2)cc1. The fraction of sp³-hybridized carbons (Fsp3) is 0.0455. The lowest BCUT2D eigenvalue weighted by Gasteiger charge is -2.10. The zero-order valence-corrected chi connectivity index (χ0v) is 15.9. The molecule has 0 fully saturated rings. The first kappa shape index (κ1) is 17.9. The summed E-state index contributed by atoms with van der Waals surface area (Å²) >= 11 is 1.43. The number of hydrogen-bond acceptors (Lipinski definition) is 5. The van der Waals surface area contributed by atoms with Gasteiger partial charge in [0, 0.05) is 11.9 Å². The summed E-state index contributed by atoms with van der Waals surface area (Å²) in [4.78, 5) is 21.4. The Hall–Kier alpha value is -3.51. The quantitative estimate of drug-likeness (QED) is 0.487. The van der Waals surface area contributed by atoms with E-state index < -0.39 is 0 Å². The fourth-order valence-electron chi connectivity index (χ4n) is 2.73. The number of carbonyl (C=O) groups is 1. The van der Waals surface area contributed by atoms with E-state index in [1.807, 2.05) is 48.7 Å². The van der Waals surface area contributed by atoms with E-state index in [4.69, 9.17) is 4.74 Å². The van der Waals surface area contributed by atoms with Gasteiger partial charge in [-0.05, 0) is 53.8 Å². The molecule has 0 saturated heterocycles. The molecule has 0 bridgehead atoms. The van der Waals surface area contributed by atoms with Crippen molar-refractivity contribution in [2.75, 3.05) is 5.32 Å². The lowest BCUT2D eigenvalue weighted by Crippen LogP contribution is -2.11. The Morgan fingerprint density at radius 3 is 2.54 bits per heavy atom. The van der Waals surface area contributed by atoms with Crippen molar-refractivity contribution in [1.82, 2.24) is 9.97 Å². The summed E-state index contributed by atoms with van der Waals surface area (Å²) in [6, 6.07) is 19.0. The molecule has 4 aromatic rings. The van der Waals surface area contributed by atoms with Crippen LogP contribution in [0.1, 0.15) is 15.2 Å². The number of nitrogens with zero attached hydrogens (tertiary/aromatic N) is 2. The summed E-state index contributed by atoms with van der Waals surface area (Å²) in [6.45, 7) is 1.92. The Morgan fingerprint density at radius 2 is 1.82 bits per heavy atom. The smallest absolute Gasteiger partial charge is 0.265 e. The van der Waals surface area contributed by atoms with Gasteiger partial charge in [-0.3, -0.25) is 4.79 Å². The molecule has 0 radical (unpaired) electrons. The zero-order chi connectivity index (χ0) is 19.3. The monoisotopic (exact) mass is 387 g/mol. The van der Waals surface area contributed by atoms with Crippen LogP contribution in [0.4, 0.5) is 5.69 Å². The predicted octanol–water partition coefficient (Wildman–Crippen LogP) is 5.56. The summed E-state index contributed by atoms with van der Waals surface area (Å²) in [5.41, 5.74) is 3.47.